The van der Waals surface area contributed by atoms with Crippen LogP contribution in [0, 0.1) is 0 Å². The Labute approximate surface area is 58.7 Å². The Morgan fingerprint density at radius 2 is 1.90 bits per heavy atom. The van der Waals surface area contributed by atoms with Gasteiger partial charge in [-0.05, 0) is 26.0 Å². The van der Waals surface area contributed by atoms with E-state index in [1.54, 1.807) is 0 Å². The average Bonchev–Trinajstić information content (AvgIpc) is 1.82. The molecule has 10 heavy (non-hydrogen) atoms. The van der Waals surface area contributed by atoms with Gasteiger partial charge in [-0.25, -0.2) is 9.18 Å². The summed E-state index contributed by atoms with van der Waals surface area (Å²) in [6.45, 7) is 2.66. The number of hydrogen-bond acceptors (Lipinski definition) is 1. The minimum Gasteiger partial charge on any atom is -0.478 e. The molecule has 0 aliphatic rings. The van der Waals surface area contributed by atoms with E-state index in [1.807, 2.05) is 0 Å². The van der Waals surface area contributed by atoms with E-state index in [4.69, 9.17) is 5.11 Å². The van der Waals surface area contributed by atoms with Gasteiger partial charge in [0.05, 0.1) is 5.83 Å². The molecule has 0 aliphatic carbocycles. The summed E-state index contributed by atoms with van der Waals surface area (Å²) in [5, 5.41) is 8.27. The van der Waals surface area contributed by atoms with Crippen molar-refractivity contribution in [2.24, 2.45) is 0 Å². The van der Waals surface area contributed by atoms with Crippen molar-refractivity contribution in [2.45, 2.75) is 13.8 Å². The highest BCUT2D eigenvalue weighted by molar-refractivity contribution is 5.86. The van der Waals surface area contributed by atoms with Crippen LogP contribution in [-0.4, -0.2) is 11.1 Å². The van der Waals surface area contributed by atoms with Gasteiger partial charge in [0, 0.05) is 5.57 Å². The zero-order valence-corrected chi connectivity index (χ0v) is 5.89. The molecule has 0 spiro atoms. The van der Waals surface area contributed by atoms with Crippen molar-refractivity contribution in [2.75, 3.05) is 0 Å². The van der Waals surface area contributed by atoms with E-state index in [1.165, 1.54) is 19.9 Å². The van der Waals surface area contributed by atoms with Crippen LogP contribution in [0.2, 0.25) is 0 Å². The summed E-state index contributed by atoms with van der Waals surface area (Å²) in [5.41, 5.74) is 0.122. The smallest absolute Gasteiger partial charge is 0.331 e. The first-order chi connectivity index (χ1) is 4.54. The van der Waals surface area contributed by atoms with Crippen LogP contribution >= 0.6 is 0 Å². The van der Waals surface area contributed by atoms with Gasteiger partial charge in [0.25, 0.3) is 0 Å². The van der Waals surface area contributed by atoms with Crippen LogP contribution in [-0.2, 0) is 4.79 Å². The Balaban J connectivity index is 4.19. The molecule has 56 valence electrons. The number of carboxylic acids is 1. The maximum Gasteiger partial charge on any atom is 0.331 e. The molecule has 0 atom stereocenters. The van der Waals surface area contributed by atoms with Crippen molar-refractivity contribution in [3.05, 3.63) is 23.6 Å². The second-order valence-electron chi connectivity index (χ2n) is 1.91. The molecule has 1 N–H and O–H groups in total. The zero-order valence-electron chi connectivity index (χ0n) is 5.89. The van der Waals surface area contributed by atoms with Gasteiger partial charge in [-0.3, -0.25) is 0 Å². The van der Waals surface area contributed by atoms with E-state index in [-0.39, 0.29) is 5.57 Å². The monoisotopic (exact) mass is 144 g/mol. The largest absolute Gasteiger partial charge is 0.478 e. The number of carbonyl (C=O) groups is 1. The number of carboxylic acid groups (broad SMARTS) is 1. The molecule has 0 aromatic heterocycles. The maximum absolute atomic E-state index is 11.9. The van der Waals surface area contributed by atoms with Crippen LogP contribution in [0.15, 0.2) is 23.6 Å². The predicted octanol–water partition coefficient (Wildman–Crippen LogP) is 1.89. The van der Waals surface area contributed by atoms with Gasteiger partial charge in [-0.15, -0.1) is 0 Å². The van der Waals surface area contributed by atoms with E-state index < -0.39 is 11.8 Å². The third-order valence-corrected chi connectivity index (χ3v) is 0.900. The SMILES string of the molecule is CC(F)=CC=C(C)C(=O)O. The first-order valence-electron chi connectivity index (χ1n) is 2.78. The second kappa shape index (κ2) is 3.82. The topological polar surface area (TPSA) is 37.3 Å². The minimum absolute atomic E-state index is 0.122. The van der Waals surface area contributed by atoms with Gasteiger partial charge in [-0.1, -0.05) is 0 Å². The molecule has 0 radical (unpaired) electrons. The molecule has 0 saturated carbocycles. The average molecular weight is 144 g/mol. The normalized spacial score (nSPS) is 13.5. The number of halogens is 1. The molecule has 0 amide bonds. The minimum atomic E-state index is -1.03. The lowest BCUT2D eigenvalue weighted by Crippen LogP contribution is -1.94. The van der Waals surface area contributed by atoms with E-state index in [0.29, 0.717) is 0 Å². The van der Waals surface area contributed by atoms with Gasteiger partial charge < -0.3 is 5.11 Å². The van der Waals surface area contributed by atoms with Crippen molar-refractivity contribution in [1.82, 2.24) is 0 Å². The first-order valence-corrected chi connectivity index (χ1v) is 2.78. The molecule has 0 rings (SSSR count). The van der Waals surface area contributed by atoms with Crippen molar-refractivity contribution in [3.8, 4) is 0 Å². The van der Waals surface area contributed by atoms with Crippen molar-refractivity contribution in [3.63, 3.8) is 0 Å². The lowest BCUT2D eigenvalue weighted by molar-refractivity contribution is -0.132. The number of allylic oxidation sites excluding steroid dienone is 3. The van der Waals surface area contributed by atoms with Gasteiger partial charge in [0.15, 0.2) is 0 Å². The van der Waals surface area contributed by atoms with Gasteiger partial charge in [-0.2, -0.15) is 0 Å². The summed E-state index contributed by atoms with van der Waals surface area (Å²) < 4.78 is 11.9. The third kappa shape index (κ3) is 3.83. The van der Waals surface area contributed by atoms with Gasteiger partial charge in [0.2, 0.25) is 0 Å². The van der Waals surface area contributed by atoms with Crippen molar-refractivity contribution < 1.29 is 14.3 Å². The van der Waals surface area contributed by atoms with E-state index in [9.17, 15) is 9.18 Å². The molecule has 0 aliphatic heterocycles. The summed E-state index contributed by atoms with van der Waals surface area (Å²) in [4.78, 5) is 10.1. The Hall–Kier alpha value is -1.12. The molecule has 0 unspecified atom stereocenters. The van der Waals surface area contributed by atoms with Crippen LogP contribution in [0.3, 0.4) is 0 Å². The summed E-state index contributed by atoms with van der Waals surface area (Å²) in [6, 6.07) is 0. The summed E-state index contributed by atoms with van der Waals surface area (Å²) >= 11 is 0. The first kappa shape index (κ1) is 8.88. The lowest BCUT2D eigenvalue weighted by Gasteiger charge is -1.87. The van der Waals surface area contributed by atoms with Crippen LogP contribution in [0.5, 0.6) is 0 Å². The molecular formula is C7H9FO2. The summed E-state index contributed by atoms with van der Waals surface area (Å²) in [6.07, 6.45) is 2.33. The Kier molecular flexibility index (Phi) is 3.39. The molecule has 0 saturated heterocycles. The Morgan fingerprint density at radius 3 is 2.20 bits per heavy atom. The highest BCUT2D eigenvalue weighted by Gasteiger charge is 1.95. The maximum atomic E-state index is 11.9. The quantitative estimate of drug-likeness (QED) is 0.474. The fraction of sp³-hybridized carbons (Fsp3) is 0.286. The fourth-order valence-electron chi connectivity index (χ4n) is 0.311. The van der Waals surface area contributed by atoms with Crippen LogP contribution in [0.4, 0.5) is 4.39 Å². The Morgan fingerprint density at radius 1 is 1.40 bits per heavy atom. The standard InChI is InChI=1S/C7H9FO2/c1-5(7(9)10)3-4-6(2)8/h3-4H,1-2H3,(H,9,10). The van der Waals surface area contributed by atoms with E-state index in [2.05, 4.69) is 0 Å². The second-order valence-corrected chi connectivity index (χ2v) is 1.91. The fourth-order valence-corrected chi connectivity index (χ4v) is 0.311. The van der Waals surface area contributed by atoms with Crippen molar-refractivity contribution >= 4 is 5.97 Å². The molecule has 0 fully saturated rings. The highest BCUT2D eigenvalue weighted by Crippen LogP contribution is 1.97. The molecule has 0 heterocycles. The number of hydrogen-bond donors (Lipinski definition) is 1. The van der Waals surface area contributed by atoms with Crippen LogP contribution in [0.25, 0.3) is 0 Å². The van der Waals surface area contributed by atoms with Gasteiger partial charge >= 0.3 is 5.97 Å². The van der Waals surface area contributed by atoms with E-state index in [0.717, 1.165) is 6.08 Å². The van der Waals surface area contributed by atoms with Crippen LogP contribution in [0.1, 0.15) is 13.8 Å². The lowest BCUT2D eigenvalue weighted by atomic mass is 10.3. The van der Waals surface area contributed by atoms with Crippen molar-refractivity contribution in [1.29, 1.82) is 0 Å². The molecule has 3 heteroatoms. The Bertz CT molecular complexity index is 188. The van der Waals surface area contributed by atoms with Gasteiger partial charge in [0.1, 0.15) is 0 Å². The molecule has 0 bridgehead atoms. The predicted molar refractivity (Wildman–Crippen MR) is 36.3 cm³/mol. The summed E-state index contributed by atoms with van der Waals surface area (Å²) in [5.74, 6) is -1.43. The summed E-state index contributed by atoms with van der Waals surface area (Å²) in [7, 11) is 0. The molecular weight excluding hydrogens is 135 g/mol. The molecule has 0 aromatic rings. The zero-order chi connectivity index (χ0) is 8.15. The number of aliphatic carboxylic acids is 1. The third-order valence-electron chi connectivity index (χ3n) is 0.900. The highest BCUT2D eigenvalue weighted by atomic mass is 19.1. The molecule has 2 nitrogen and oxygen atoms in total. The number of rotatable bonds is 2. The molecule has 0 aromatic carbocycles. The van der Waals surface area contributed by atoms with Crippen LogP contribution < -0.4 is 0 Å². The van der Waals surface area contributed by atoms with E-state index >= 15 is 0 Å².